The van der Waals surface area contributed by atoms with Gasteiger partial charge in [0.05, 0.1) is 0 Å². The summed E-state index contributed by atoms with van der Waals surface area (Å²) in [5.74, 6) is 0.682. The molecule has 0 aliphatic carbocycles. The molecule has 0 amide bonds. The molecule has 0 bridgehead atoms. The predicted octanol–water partition coefficient (Wildman–Crippen LogP) is 3.51. The number of nitrogens with zero attached hydrogens (tertiary/aromatic N) is 2. The Hall–Kier alpha value is -2.86. The van der Waals surface area contributed by atoms with Gasteiger partial charge < -0.3 is 14.0 Å². The van der Waals surface area contributed by atoms with Gasteiger partial charge in [0.25, 0.3) is 5.89 Å². The van der Waals surface area contributed by atoms with Gasteiger partial charge in [0.1, 0.15) is 5.75 Å². The number of carbonyl (C=O) groups is 1. The van der Waals surface area contributed by atoms with Crippen molar-refractivity contribution in [2.45, 2.75) is 6.61 Å². The van der Waals surface area contributed by atoms with E-state index in [9.17, 15) is 4.79 Å². The van der Waals surface area contributed by atoms with E-state index in [2.05, 4.69) is 10.1 Å². The minimum Gasteiger partial charge on any atom is -0.482 e. The lowest BCUT2D eigenvalue weighted by molar-refractivity contribution is -0.147. The SMILES string of the molecule is O=C(COc1ccccc1)OCc1noc(-c2ccc(Cl)cc2)n1. The number of hydrogen-bond donors (Lipinski definition) is 0. The molecule has 1 heterocycles. The van der Waals surface area contributed by atoms with Gasteiger partial charge in [-0.2, -0.15) is 4.98 Å². The maximum absolute atomic E-state index is 11.7. The molecule has 3 aromatic rings. The van der Waals surface area contributed by atoms with Crippen molar-refractivity contribution in [2.24, 2.45) is 0 Å². The molecule has 3 rings (SSSR count). The summed E-state index contributed by atoms with van der Waals surface area (Å²) in [6.45, 7) is -0.278. The summed E-state index contributed by atoms with van der Waals surface area (Å²) in [5.41, 5.74) is 0.733. The predicted molar refractivity (Wildman–Crippen MR) is 86.5 cm³/mol. The van der Waals surface area contributed by atoms with Crippen LogP contribution in [0.25, 0.3) is 11.5 Å². The number of rotatable bonds is 6. The number of esters is 1. The zero-order chi connectivity index (χ0) is 16.8. The summed E-state index contributed by atoms with van der Waals surface area (Å²) in [7, 11) is 0. The Bertz CT molecular complexity index is 803. The van der Waals surface area contributed by atoms with E-state index in [0.717, 1.165) is 5.56 Å². The summed E-state index contributed by atoms with van der Waals surface area (Å²) in [6.07, 6.45) is 0. The molecule has 122 valence electrons. The largest absolute Gasteiger partial charge is 0.482 e. The molecule has 7 heteroatoms. The van der Waals surface area contributed by atoms with E-state index in [0.29, 0.717) is 16.7 Å². The lowest BCUT2D eigenvalue weighted by Gasteiger charge is -2.05. The highest BCUT2D eigenvalue weighted by atomic mass is 35.5. The molecule has 0 aliphatic heterocycles. The van der Waals surface area contributed by atoms with Crippen LogP contribution in [-0.4, -0.2) is 22.7 Å². The van der Waals surface area contributed by atoms with Gasteiger partial charge in [-0.25, -0.2) is 4.79 Å². The molecule has 0 atom stereocenters. The number of ether oxygens (including phenoxy) is 2. The second-order valence-corrected chi connectivity index (χ2v) is 5.22. The molecule has 0 aliphatic rings. The third-order valence-corrected chi connectivity index (χ3v) is 3.27. The molecule has 0 spiro atoms. The zero-order valence-corrected chi connectivity index (χ0v) is 13.3. The summed E-state index contributed by atoms with van der Waals surface area (Å²) >= 11 is 5.83. The van der Waals surface area contributed by atoms with Gasteiger partial charge in [-0.15, -0.1) is 0 Å². The van der Waals surface area contributed by atoms with E-state index in [4.69, 9.17) is 25.6 Å². The molecule has 0 unspecified atom stereocenters. The first-order chi connectivity index (χ1) is 11.7. The highest BCUT2D eigenvalue weighted by molar-refractivity contribution is 6.30. The minimum atomic E-state index is -0.517. The normalized spacial score (nSPS) is 10.4. The van der Waals surface area contributed by atoms with Gasteiger partial charge in [0, 0.05) is 10.6 Å². The van der Waals surface area contributed by atoms with E-state index in [1.807, 2.05) is 18.2 Å². The summed E-state index contributed by atoms with van der Waals surface area (Å²) in [5, 5.41) is 4.38. The fourth-order valence-corrected chi connectivity index (χ4v) is 1.99. The lowest BCUT2D eigenvalue weighted by Crippen LogP contribution is -2.15. The number of para-hydroxylation sites is 1. The molecule has 0 N–H and O–H groups in total. The summed E-state index contributed by atoms with van der Waals surface area (Å²) in [6, 6.07) is 16.0. The molecule has 1 aromatic heterocycles. The van der Waals surface area contributed by atoms with E-state index >= 15 is 0 Å². The molecule has 0 saturated heterocycles. The lowest BCUT2D eigenvalue weighted by atomic mass is 10.2. The Morgan fingerprint density at radius 2 is 1.83 bits per heavy atom. The first-order valence-electron chi connectivity index (χ1n) is 7.13. The fraction of sp³-hybridized carbons (Fsp3) is 0.118. The van der Waals surface area contributed by atoms with Crippen molar-refractivity contribution in [2.75, 3.05) is 6.61 Å². The first-order valence-corrected chi connectivity index (χ1v) is 7.50. The Morgan fingerprint density at radius 1 is 1.08 bits per heavy atom. The molecule has 0 fully saturated rings. The standard InChI is InChI=1S/C17H13ClN2O4/c18-13-8-6-12(7-9-13)17-19-15(20-24-17)10-23-16(21)11-22-14-4-2-1-3-5-14/h1-9H,10-11H2. The van der Waals surface area contributed by atoms with Crippen LogP contribution in [0.15, 0.2) is 59.1 Å². The number of benzene rings is 2. The number of carbonyl (C=O) groups excluding carboxylic acids is 1. The van der Waals surface area contributed by atoms with Crippen LogP contribution in [0.5, 0.6) is 5.75 Å². The van der Waals surface area contributed by atoms with Crippen LogP contribution >= 0.6 is 11.6 Å². The van der Waals surface area contributed by atoms with Gasteiger partial charge in [0.15, 0.2) is 13.2 Å². The molecule has 0 radical (unpaired) electrons. The van der Waals surface area contributed by atoms with Crippen LogP contribution in [-0.2, 0) is 16.1 Å². The Morgan fingerprint density at radius 3 is 2.58 bits per heavy atom. The maximum atomic E-state index is 11.7. The minimum absolute atomic E-state index is 0.0892. The Labute approximate surface area is 143 Å². The quantitative estimate of drug-likeness (QED) is 0.637. The second kappa shape index (κ2) is 7.61. The average Bonchev–Trinajstić information content (AvgIpc) is 3.09. The highest BCUT2D eigenvalue weighted by Gasteiger charge is 2.11. The van der Waals surface area contributed by atoms with Crippen molar-refractivity contribution < 1.29 is 18.8 Å². The van der Waals surface area contributed by atoms with Crippen molar-refractivity contribution in [1.82, 2.24) is 10.1 Å². The van der Waals surface area contributed by atoms with Crippen LogP contribution in [0.1, 0.15) is 5.82 Å². The van der Waals surface area contributed by atoms with Crippen molar-refractivity contribution in [3.63, 3.8) is 0 Å². The van der Waals surface area contributed by atoms with Crippen LogP contribution < -0.4 is 4.74 Å². The zero-order valence-electron chi connectivity index (χ0n) is 12.5. The van der Waals surface area contributed by atoms with E-state index in [1.165, 1.54) is 0 Å². The van der Waals surface area contributed by atoms with Gasteiger partial charge in [-0.3, -0.25) is 0 Å². The molecule has 0 saturated carbocycles. The van der Waals surface area contributed by atoms with E-state index in [1.54, 1.807) is 36.4 Å². The highest BCUT2D eigenvalue weighted by Crippen LogP contribution is 2.19. The van der Waals surface area contributed by atoms with Gasteiger partial charge >= 0.3 is 5.97 Å². The molecule has 2 aromatic carbocycles. The first kappa shape index (κ1) is 16.0. The molecular formula is C17H13ClN2O4. The number of halogens is 1. The Balaban J connectivity index is 1.50. The van der Waals surface area contributed by atoms with Crippen LogP contribution in [0, 0.1) is 0 Å². The average molecular weight is 345 g/mol. The van der Waals surface area contributed by atoms with Gasteiger partial charge in [-0.1, -0.05) is 35.0 Å². The third kappa shape index (κ3) is 4.33. The molecular weight excluding hydrogens is 332 g/mol. The topological polar surface area (TPSA) is 74.5 Å². The van der Waals surface area contributed by atoms with Crippen molar-refractivity contribution in [1.29, 1.82) is 0 Å². The third-order valence-electron chi connectivity index (χ3n) is 3.02. The van der Waals surface area contributed by atoms with E-state index in [-0.39, 0.29) is 19.0 Å². The van der Waals surface area contributed by atoms with Crippen LogP contribution in [0.4, 0.5) is 0 Å². The van der Waals surface area contributed by atoms with Gasteiger partial charge in [0.2, 0.25) is 5.82 Å². The summed E-state index contributed by atoms with van der Waals surface area (Å²) < 4.78 is 15.5. The monoisotopic (exact) mass is 344 g/mol. The van der Waals surface area contributed by atoms with E-state index < -0.39 is 5.97 Å². The van der Waals surface area contributed by atoms with Crippen molar-refractivity contribution in [3.8, 4) is 17.2 Å². The van der Waals surface area contributed by atoms with Crippen LogP contribution in [0.3, 0.4) is 0 Å². The molecule has 24 heavy (non-hydrogen) atoms. The second-order valence-electron chi connectivity index (χ2n) is 4.79. The Kier molecular flexibility index (Phi) is 5.08. The molecule has 6 nitrogen and oxygen atoms in total. The van der Waals surface area contributed by atoms with Crippen LogP contribution in [0.2, 0.25) is 5.02 Å². The van der Waals surface area contributed by atoms with Gasteiger partial charge in [-0.05, 0) is 36.4 Å². The summed E-state index contributed by atoms with van der Waals surface area (Å²) in [4.78, 5) is 15.8. The maximum Gasteiger partial charge on any atom is 0.344 e. The van der Waals surface area contributed by atoms with Crippen molar-refractivity contribution in [3.05, 3.63) is 65.4 Å². The smallest absolute Gasteiger partial charge is 0.344 e. The number of aromatic nitrogens is 2. The number of hydrogen-bond acceptors (Lipinski definition) is 6. The van der Waals surface area contributed by atoms with Crippen molar-refractivity contribution >= 4 is 17.6 Å². The fourth-order valence-electron chi connectivity index (χ4n) is 1.87.